The van der Waals surface area contributed by atoms with Crippen molar-refractivity contribution < 1.29 is 27.4 Å². The van der Waals surface area contributed by atoms with Crippen LogP contribution in [0.25, 0.3) is 10.1 Å². The summed E-state index contributed by atoms with van der Waals surface area (Å²) in [4.78, 5) is 28.4. The van der Waals surface area contributed by atoms with Gasteiger partial charge >= 0.3 is 13.7 Å². The Hall–Kier alpha value is -1.94. The lowest BCUT2D eigenvalue weighted by Gasteiger charge is -2.12. The number of thiophene rings is 1. The van der Waals surface area contributed by atoms with Crippen LogP contribution in [0.2, 0.25) is 0 Å². The highest BCUT2D eigenvalue weighted by atomic mass is 79.9. The molecule has 146 valence electrons. The molecule has 0 aliphatic rings. The number of benzene rings is 1. The van der Waals surface area contributed by atoms with Gasteiger partial charge in [0.05, 0.1) is 22.9 Å². The smallest absolute Gasteiger partial charge is 0.342 e. The third kappa shape index (κ3) is 3.93. The van der Waals surface area contributed by atoms with Crippen LogP contribution in [-0.4, -0.2) is 20.8 Å². The van der Waals surface area contributed by atoms with Crippen molar-refractivity contribution in [2.24, 2.45) is 0 Å². The van der Waals surface area contributed by atoms with Crippen LogP contribution >= 0.6 is 35.3 Å². The highest BCUT2D eigenvalue weighted by Gasteiger charge is 2.56. The van der Waals surface area contributed by atoms with Gasteiger partial charge in [0.25, 0.3) is 5.91 Å². The molecule has 0 saturated carbocycles. The number of fused-ring (bicyclic) bond motifs is 1. The number of alkyl halides is 2. The van der Waals surface area contributed by atoms with E-state index in [1.54, 1.807) is 6.92 Å². The summed E-state index contributed by atoms with van der Waals surface area (Å²) < 4.78 is 52.2. The molecular formula is C16H11BrF3N3O3PS+. The van der Waals surface area contributed by atoms with Gasteiger partial charge in [-0.3, -0.25) is 4.79 Å². The van der Waals surface area contributed by atoms with E-state index in [0.717, 1.165) is 12.4 Å². The minimum Gasteiger partial charge on any atom is -0.342 e. The Morgan fingerprint density at radius 1 is 1.36 bits per heavy atom. The molecule has 0 spiro atoms. The fourth-order valence-electron chi connectivity index (χ4n) is 2.38. The van der Waals surface area contributed by atoms with E-state index in [0.29, 0.717) is 21.4 Å². The molecule has 2 N–H and O–H groups in total. The summed E-state index contributed by atoms with van der Waals surface area (Å²) in [5, 5.41) is 2.95. The first kappa shape index (κ1) is 20.8. The molecule has 0 aliphatic heterocycles. The average Bonchev–Trinajstić information content (AvgIpc) is 2.99. The van der Waals surface area contributed by atoms with Crippen LogP contribution in [0.1, 0.15) is 34.0 Å². The monoisotopic (exact) mass is 492 g/mol. The molecule has 3 aromatic rings. The molecule has 0 fully saturated rings. The van der Waals surface area contributed by atoms with E-state index in [1.165, 1.54) is 18.2 Å². The average molecular weight is 493 g/mol. The van der Waals surface area contributed by atoms with Crippen LogP contribution in [0.15, 0.2) is 35.1 Å². The van der Waals surface area contributed by atoms with Crippen molar-refractivity contribution in [1.29, 1.82) is 0 Å². The first-order valence-corrected chi connectivity index (χ1v) is 10.5. The molecule has 0 radical (unpaired) electrons. The fraction of sp³-hybridized carbons (Fsp3) is 0.188. The van der Waals surface area contributed by atoms with Gasteiger partial charge in [0.2, 0.25) is 0 Å². The number of hydrogen-bond acceptors (Lipinski definition) is 5. The molecule has 2 heterocycles. The number of carbonyl (C=O) groups is 1. The summed E-state index contributed by atoms with van der Waals surface area (Å²) in [7, 11) is -3.76. The maximum Gasteiger partial charge on any atom is 0.590 e. The van der Waals surface area contributed by atoms with Crippen molar-refractivity contribution >= 4 is 51.3 Å². The highest BCUT2D eigenvalue weighted by molar-refractivity contribution is 9.10. The largest absolute Gasteiger partial charge is 0.590 e. The second-order valence-electron chi connectivity index (χ2n) is 5.72. The summed E-state index contributed by atoms with van der Waals surface area (Å²) >= 11 is 3.70. The molecule has 2 aromatic heterocycles. The Kier molecular flexibility index (Phi) is 5.81. The first-order chi connectivity index (χ1) is 13.1. The van der Waals surface area contributed by atoms with Crippen molar-refractivity contribution in [3.8, 4) is 0 Å². The van der Waals surface area contributed by atoms with Crippen molar-refractivity contribution in [2.75, 3.05) is 0 Å². The molecular weight excluding hydrogens is 482 g/mol. The number of halogens is 4. The summed E-state index contributed by atoms with van der Waals surface area (Å²) in [5.41, 5.74) is -3.72. The van der Waals surface area contributed by atoms with Gasteiger partial charge < -0.3 is 5.32 Å². The van der Waals surface area contributed by atoms with E-state index in [-0.39, 0.29) is 15.9 Å². The molecule has 1 aromatic carbocycles. The van der Waals surface area contributed by atoms with Crippen LogP contribution in [0.5, 0.6) is 0 Å². The third-order valence-electron chi connectivity index (χ3n) is 3.78. The van der Waals surface area contributed by atoms with Crippen molar-refractivity contribution in [3.63, 3.8) is 0 Å². The Bertz CT molecular complexity index is 1080. The van der Waals surface area contributed by atoms with E-state index in [9.17, 15) is 22.5 Å². The van der Waals surface area contributed by atoms with Crippen molar-refractivity contribution in [1.82, 2.24) is 15.3 Å². The zero-order valence-corrected chi connectivity index (χ0v) is 17.3. The number of nitrogens with zero attached hydrogens (tertiary/aromatic N) is 2. The van der Waals surface area contributed by atoms with Crippen LogP contribution < -0.4 is 5.32 Å². The molecule has 1 amide bonds. The van der Waals surface area contributed by atoms with Crippen LogP contribution in [0.3, 0.4) is 0 Å². The maximum atomic E-state index is 14.0. The number of rotatable bonds is 5. The molecule has 6 nitrogen and oxygen atoms in total. The molecule has 1 unspecified atom stereocenters. The Morgan fingerprint density at radius 3 is 2.61 bits per heavy atom. The minimum atomic E-state index is -3.91. The van der Waals surface area contributed by atoms with Crippen LogP contribution in [0.4, 0.5) is 13.2 Å². The standard InChI is InChI=1S/C16H10BrF3N3O3PS/c1-7(14-21-5-9(18)6-22-14)23-15(24)8-2-3-11-10(4-8)12(17)13(28-11)16(19,20)27(25)26/h2-7H,1H3,(H-,23,24,25,26)/p+1/t7-/m1/s1. The third-order valence-corrected chi connectivity index (χ3v) is 6.96. The molecule has 12 heteroatoms. The normalized spacial score (nSPS) is 13.4. The first-order valence-electron chi connectivity index (χ1n) is 7.66. The van der Waals surface area contributed by atoms with Gasteiger partial charge in [-0.1, -0.05) is 0 Å². The van der Waals surface area contributed by atoms with Gasteiger partial charge in [-0.15, -0.1) is 20.1 Å². The van der Waals surface area contributed by atoms with E-state index in [4.69, 9.17) is 4.89 Å². The lowest BCUT2D eigenvalue weighted by molar-refractivity contribution is 0.0849. The molecule has 3 rings (SSSR count). The van der Waals surface area contributed by atoms with Gasteiger partial charge in [-0.25, -0.2) is 14.4 Å². The Balaban J connectivity index is 1.89. The number of amides is 1. The summed E-state index contributed by atoms with van der Waals surface area (Å²) in [6.07, 6.45) is 1.96. The molecule has 0 aliphatic carbocycles. The zero-order chi connectivity index (χ0) is 20.6. The van der Waals surface area contributed by atoms with Gasteiger partial charge in [-0.05, 0) is 45.6 Å². The van der Waals surface area contributed by atoms with Gasteiger partial charge in [0, 0.05) is 15.6 Å². The molecule has 0 saturated heterocycles. The number of aromatic nitrogens is 2. The van der Waals surface area contributed by atoms with Gasteiger partial charge in [0.15, 0.2) is 5.82 Å². The van der Waals surface area contributed by atoms with Crippen LogP contribution in [0, 0.1) is 5.82 Å². The van der Waals surface area contributed by atoms with Gasteiger partial charge in [-0.2, -0.15) is 4.89 Å². The van der Waals surface area contributed by atoms with E-state index in [2.05, 4.69) is 31.2 Å². The second kappa shape index (κ2) is 7.82. The highest BCUT2D eigenvalue weighted by Crippen LogP contribution is 2.54. The molecule has 2 atom stereocenters. The predicted molar refractivity (Wildman–Crippen MR) is 101 cm³/mol. The summed E-state index contributed by atoms with van der Waals surface area (Å²) in [6, 6.07) is 3.70. The fourth-order valence-corrected chi connectivity index (χ4v) is 5.09. The summed E-state index contributed by atoms with van der Waals surface area (Å²) in [6.45, 7) is 1.61. The maximum absolute atomic E-state index is 14.0. The van der Waals surface area contributed by atoms with Crippen LogP contribution in [-0.2, 0) is 10.2 Å². The van der Waals surface area contributed by atoms with Crippen molar-refractivity contribution in [2.45, 2.75) is 18.6 Å². The number of carbonyl (C=O) groups excluding carboxylic acids is 1. The number of nitrogens with one attached hydrogen (secondary N) is 1. The number of hydrogen-bond donors (Lipinski definition) is 2. The van der Waals surface area contributed by atoms with Crippen molar-refractivity contribution in [3.05, 3.63) is 57.1 Å². The van der Waals surface area contributed by atoms with E-state index >= 15 is 0 Å². The molecule has 0 bridgehead atoms. The summed E-state index contributed by atoms with van der Waals surface area (Å²) in [5.74, 6) is -0.907. The topological polar surface area (TPSA) is 92.2 Å². The Labute approximate surface area is 169 Å². The van der Waals surface area contributed by atoms with E-state index < -0.39 is 36.3 Å². The van der Waals surface area contributed by atoms with Gasteiger partial charge in [0.1, 0.15) is 10.7 Å². The lowest BCUT2D eigenvalue weighted by Crippen LogP contribution is -2.27. The predicted octanol–water partition coefficient (Wildman–Crippen LogP) is 4.87. The zero-order valence-electron chi connectivity index (χ0n) is 14.0. The lowest BCUT2D eigenvalue weighted by atomic mass is 10.1. The SMILES string of the molecule is C[C@@H](NC(=O)c1ccc2sc(C(F)(F)[P+](=O)O)c(Br)c2c1)c1ncc(F)cn1. The second-order valence-corrected chi connectivity index (χ2v) is 8.68. The minimum absolute atomic E-state index is 0.0422. The Morgan fingerprint density at radius 2 is 2.00 bits per heavy atom. The molecule has 28 heavy (non-hydrogen) atoms. The quantitative estimate of drug-likeness (QED) is 0.495. The van der Waals surface area contributed by atoms with E-state index in [1.807, 2.05) is 0 Å².